The van der Waals surface area contributed by atoms with E-state index in [9.17, 15) is 4.79 Å². The van der Waals surface area contributed by atoms with E-state index in [4.69, 9.17) is 9.47 Å². The zero-order valence-corrected chi connectivity index (χ0v) is 20.4. The fourth-order valence-corrected chi connectivity index (χ4v) is 3.84. The number of benzene rings is 4. The minimum Gasteiger partial charge on any atom is -0.490 e. The summed E-state index contributed by atoms with van der Waals surface area (Å²) in [5, 5.41) is 6.44. The molecule has 0 radical (unpaired) electrons. The molecule has 0 bridgehead atoms. The van der Waals surface area contributed by atoms with Crippen LogP contribution in [0.15, 0.2) is 94.5 Å². The summed E-state index contributed by atoms with van der Waals surface area (Å²) in [6, 6.07) is 27.7. The van der Waals surface area contributed by atoms with Crippen molar-refractivity contribution in [1.82, 2.24) is 5.43 Å². The molecule has 0 aliphatic carbocycles. The maximum absolute atomic E-state index is 12.1. The monoisotopic (exact) mass is 516 g/mol. The van der Waals surface area contributed by atoms with Gasteiger partial charge in [-0.15, -0.1) is 0 Å². The Hall–Kier alpha value is -3.64. The fourth-order valence-electron chi connectivity index (χ4n) is 3.57. The lowest BCUT2D eigenvalue weighted by atomic mass is 10.1. The van der Waals surface area contributed by atoms with E-state index >= 15 is 0 Å². The normalized spacial score (nSPS) is 11.0. The number of halogens is 1. The maximum Gasteiger partial charge on any atom is 0.244 e. The van der Waals surface area contributed by atoms with Gasteiger partial charge in [-0.3, -0.25) is 4.79 Å². The standard InChI is InChI=1S/C28H25BrN2O3/c1-2-33-27-16-21(18-30-31-28(32)17-20-10-13-24(29)14-11-20)12-15-26(27)34-19-23-8-5-7-22-6-3-4-9-25(22)23/h3-16,18H,2,17,19H2,1H3,(H,31,32)/b30-18+. The van der Waals surface area contributed by atoms with Crippen molar-refractivity contribution in [3.8, 4) is 11.5 Å². The smallest absolute Gasteiger partial charge is 0.244 e. The summed E-state index contributed by atoms with van der Waals surface area (Å²) in [5.41, 5.74) is 5.40. The molecule has 1 amide bonds. The van der Waals surface area contributed by atoms with Crippen molar-refractivity contribution in [2.75, 3.05) is 6.61 Å². The molecule has 0 heterocycles. The van der Waals surface area contributed by atoms with E-state index in [-0.39, 0.29) is 12.3 Å². The van der Waals surface area contributed by atoms with E-state index in [0.717, 1.165) is 21.2 Å². The number of hydrogen-bond acceptors (Lipinski definition) is 4. The number of ether oxygens (including phenoxy) is 2. The van der Waals surface area contributed by atoms with Crippen LogP contribution < -0.4 is 14.9 Å². The van der Waals surface area contributed by atoms with E-state index in [1.807, 2.05) is 67.6 Å². The maximum atomic E-state index is 12.1. The number of fused-ring (bicyclic) bond motifs is 1. The van der Waals surface area contributed by atoms with Crippen LogP contribution >= 0.6 is 15.9 Å². The molecule has 0 unspecified atom stereocenters. The molecule has 4 aromatic rings. The molecule has 0 spiro atoms. The highest BCUT2D eigenvalue weighted by Gasteiger charge is 2.08. The van der Waals surface area contributed by atoms with E-state index in [0.29, 0.717) is 24.7 Å². The summed E-state index contributed by atoms with van der Waals surface area (Å²) in [4.78, 5) is 12.1. The number of nitrogens with one attached hydrogen (secondary N) is 1. The molecule has 34 heavy (non-hydrogen) atoms. The Bertz CT molecular complexity index is 1300. The van der Waals surface area contributed by atoms with Crippen LogP contribution in [0.2, 0.25) is 0 Å². The van der Waals surface area contributed by atoms with Crippen LogP contribution in [-0.4, -0.2) is 18.7 Å². The van der Waals surface area contributed by atoms with Gasteiger partial charge in [0, 0.05) is 4.47 Å². The molecule has 0 aliphatic heterocycles. The van der Waals surface area contributed by atoms with Gasteiger partial charge in [0.1, 0.15) is 6.61 Å². The highest BCUT2D eigenvalue weighted by Crippen LogP contribution is 2.30. The molecule has 0 saturated carbocycles. The summed E-state index contributed by atoms with van der Waals surface area (Å²) < 4.78 is 12.9. The van der Waals surface area contributed by atoms with Gasteiger partial charge in [0.15, 0.2) is 11.5 Å². The van der Waals surface area contributed by atoms with Crippen molar-refractivity contribution in [3.05, 3.63) is 106 Å². The van der Waals surface area contributed by atoms with Gasteiger partial charge in [0.25, 0.3) is 0 Å². The van der Waals surface area contributed by atoms with Crippen LogP contribution in [0.25, 0.3) is 10.8 Å². The molecule has 0 aromatic heterocycles. The van der Waals surface area contributed by atoms with Crippen molar-refractivity contribution < 1.29 is 14.3 Å². The van der Waals surface area contributed by atoms with Crippen molar-refractivity contribution in [2.24, 2.45) is 5.10 Å². The number of amides is 1. The summed E-state index contributed by atoms with van der Waals surface area (Å²) in [7, 11) is 0. The largest absolute Gasteiger partial charge is 0.490 e. The summed E-state index contributed by atoms with van der Waals surface area (Å²) in [6.45, 7) is 2.87. The fraction of sp³-hybridized carbons (Fsp3) is 0.143. The van der Waals surface area contributed by atoms with Crippen molar-refractivity contribution in [1.29, 1.82) is 0 Å². The van der Waals surface area contributed by atoms with Gasteiger partial charge in [-0.2, -0.15) is 5.10 Å². The first kappa shape index (κ1) is 23.5. The second-order valence-corrected chi connectivity index (χ2v) is 8.58. The highest BCUT2D eigenvalue weighted by molar-refractivity contribution is 9.10. The van der Waals surface area contributed by atoms with Crippen LogP contribution in [0.4, 0.5) is 0 Å². The highest BCUT2D eigenvalue weighted by atomic mass is 79.9. The van der Waals surface area contributed by atoms with Gasteiger partial charge in [-0.25, -0.2) is 5.43 Å². The van der Waals surface area contributed by atoms with E-state index in [1.54, 1.807) is 6.21 Å². The second kappa shape index (κ2) is 11.5. The van der Waals surface area contributed by atoms with Crippen LogP contribution in [-0.2, 0) is 17.8 Å². The summed E-state index contributed by atoms with van der Waals surface area (Å²) in [6.07, 6.45) is 1.85. The van der Waals surface area contributed by atoms with Gasteiger partial charge < -0.3 is 9.47 Å². The number of hydrogen-bond donors (Lipinski definition) is 1. The molecule has 0 saturated heterocycles. The third-order valence-corrected chi connectivity index (χ3v) is 5.74. The predicted octanol–water partition coefficient (Wildman–Crippen LogP) is 6.27. The quantitative estimate of drug-likeness (QED) is 0.210. The third-order valence-electron chi connectivity index (χ3n) is 5.21. The second-order valence-electron chi connectivity index (χ2n) is 7.66. The molecule has 5 nitrogen and oxygen atoms in total. The van der Waals surface area contributed by atoms with Crippen LogP contribution in [0.5, 0.6) is 11.5 Å². The minimum absolute atomic E-state index is 0.182. The SMILES string of the molecule is CCOc1cc(/C=N/NC(=O)Cc2ccc(Br)cc2)ccc1OCc1cccc2ccccc12. The third kappa shape index (κ3) is 6.23. The van der Waals surface area contributed by atoms with E-state index in [2.05, 4.69) is 50.7 Å². The molecule has 6 heteroatoms. The minimum atomic E-state index is -0.182. The zero-order chi connectivity index (χ0) is 23.8. The Morgan fingerprint density at radius 2 is 1.74 bits per heavy atom. The summed E-state index contributed by atoms with van der Waals surface area (Å²) >= 11 is 3.39. The van der Waals surface area contributed by atoms with Crippen molar-refractivity contribution >= 4 is 38.8 Å². The van der Waals surface area contributed by atoms with Crippen molar-refractivity contribution in [2.45, 2.75) is 20.0 Å². The molecular weight excluding hydrogens is 492 g/mol. The molecule has 0 aliphatic rings. The average molecular weight is 517 g/mol. The average Bonchev–Trinajstić information content (AvgIpc) is 2.85. The van der Waals surface area contributed by atoms with Crippen molar-refractivity contribution in [3.63, 3.8) is 0 Å². The first-order chi connectivity index (χ1) is 16.6. The Kier molecular flexibility index (Phi) is 7.94. The Balaban J connectivity index is 1.40. The lowest BCUT2D eigenvalue weighted by molar-refractivity contribution is -0.120. The Morgan fingerprint density at radius 3 is 2.56 bits per heavy atom. The molecule has 1 N–H and O–H groups in total. The van der Waals surface area contributed by atoms with Gasteiger partial charge in [-0.05, 0) is 64.7 Å². The first-order valence-electron chi connectivity index (χ1n) is 11.0. The van der Waals surface area contributed by atoms with Gasteiger partial charge in [-0.1, -0.05) is 70.5 Å². The van der Waals surface area contributed by atoms with E-state index < -0.39 is 0 Å². The first-order valence-corrected chi connectivity index (χ1v) is 11.8. The number of nitrogens with zero attached hydrogens (tertiary/aromatic N) is 1. The lowest BCUT2D eigenvalue weighted by Crippen LogP contribution is -2.19. The topological polar surface area (TPSA) is 59.9 Å². The summed E-state index contributed by atoms with van der Waals surface area (Å²) in [5.74, 6) is 1.11. The Labute approximate surface area is 207 Å². The molecular formula is C28H25BrN2O3. The number of carbonyl (C=O) groups excluding carboxylic acids is 1. The Morgan fingerprint density at radius 1 is 0.941 bits per heavy atom. The van der Waals surface area contributed by atoms with Gasteiger partial charge in [0.2, 0.25) is 5.91 Å². The number of rotatable bonds is 9. The zero-order valence-electron chi connectivity index (χ0n) is 18.8. The number of hydrazone groups is 1. The van der Waals surface area contributed by atoms with Crippen LogP contribution in [0.1, 0.15) is 23.6 Å². The molecule has 172 valence electrons. The molecule has 4 aromatic carbocycles. The van der Waals surface area contributed by atoms with Gasteiger partial charge >= 0.3 is 0 Å². The van der Waals surface area contributed by atoms with Gasteiger partial charge in [0.05, 0.1) is 19.2 Å². The number of carbonyl (C=O) groups is 1. The van der Waals surface area contributed by atoms with E-state index in [1.165, 1.54) is 10.8 Å². The molecule has 4 rings (SSSR count). The molecule has 0 fully saturated rings. The lowest BCUT2D eigenvalue weighted by Gasteiger charge is -2.13. The molecule has 0 atom stereocenters. The predicted molar refractivity (Wildman–Crippen MR) is 139 cm³/mol. The van der Waals surface area contributed by atoms with Crippen LogP contribution in [0.3, 0.4) is 0 Å². The van der Waals surface area contributed by atoms with Crippen LogP contribution in [0, 0.1) is 0 Å².